The van der Waals surface area contributed by atoms with Crippen LogP contribution < -0.4 is 0 Å². The molecule has 0 N–H and O–H groups in total. The lowest BCUT2D eigenvalue weighted by molar-refractivity contribution is 0.627. The Balaban J connectivity index is 2.47. The Morgan fingerprint density at radius 3 is 2.77 bits per heavy atom. The first-order chi connectivity index (χ1) is 6.29. The van der Waals surface area contributed by atoms with Crippen LogP contribution >= 0.6 is 0 Å². The number of halogens is 1. The van der Waals surface area contributed by atoms with Crippen LogP contribution in [0, 0.1) is 18.2 Å². The molecule has 0 aromatic heterocycles. The van der Waals surface area contributed by atoms with Gasteiger partial charge in [0.05, 0.1) is 0 Å². The summed E-state index contributed by atoms with van der Waals surface area (Å²) in [6.45, 7) is 0. The van der Waals surface area contributed by atoms with Crippen LogP contribution in [0.2, 0.25) is 0 Å². The van der Waals surface area contributed by atoms with Crippen molar-refractivity contribution in [2.75, 3.05) is 0 Å². The van der Waals surface area contributed by atoms with Gasteiger partial charge in [-0.1, -0.05) is 17.6 Å². The number of hydrogen-bond acceptors (Lipinski definition) is 0. The summed E-state index contributed by atoms with van der Waals surface area (Å²) in [7, 11) is 0. The molecule has 0 aliphatic heterocycles. The standard InChI is InChI=1S/C12H9F/c1-2-10-5-6-12(13)8-11(10)7-9-3-4-9/h1,5-8H,3-4H2. The average molecular weight is 172 g/mol. The summed E-state index contributed by atoms with van der Waals surface area (Å²) >= 11 is 0. The highest BCUT2D eigenvalue weighted by atomic mass is 19.1. The monoisotopic (exact) mass is 172 g/mol. The Morgan fingerprint density at radius 2 is 2.15 bits per heavy atom. The number of benzene rings is 1. The van der Waals surface area contributed by atoms with Crippen LogP contribution in [0.25, 0.3) is 6.08 Å². The lowest BCUT2D eigenvalue weighted by Gasteiger charge is -1.98. The molecular formula is C12H9F. The molecule has 0 saturated heterocycles. The summed E-state index contributed by atoms with van der Waals surface area (Å²) in [6.07, 6.45) is 9.53. The smallest absolute Gasteiger partial charge is 0.123 e. The van der Waals surface area contributed by atoms with Crippen molar-refractivity contribution in [3.05, 3.63) is 40.7 Å². The van der Waals surface area contributed by atoms with Crippen molar-refractivity contribution in [3.8, 4) is 12.3 Å². The van der Waals surface area contributed by atoms with Crippen LogP contribution in [0.15, 0.2) is 23.8 Å². The topological polar surface area (TPSA) is 0 Å². The van der Waals surface area contributed by atoms with Gasteiger partial charge in [-0.15, -0.1) is 6.42 Å². The van der Waals surface area contributed by atoms with Crippen molar-refractivity contribution in [2.24, 2.45) is 0 Å². The molecule has 1 aliphatic rings. The van der Waals surface area contributed by atoms with E-state index >= 15 is 0 Å². The average Bonchev–Trinajstić information content (AvgIpc) is 2.89. The van der Waals surface area contributed by atoms with E-state index in [9.17, 15) is 4.39 Å². The van der Waals surface area contributed by atoms with Gasteiger partial charge in [0.2, 0.25) is 0 Å². The molecule has 1 aliphatic carbocycles. The largest absolute Gasteiger partial charge is 0.207 e. The maximum absolute atomic E-state index is 12.9. The van der Waals surface area contributed by atoms with Crippen molar-refractivity contribution in [1.29, 1.82) is 0 Å². The molecule has 1 aromatic rings. The normalized spacial score (nSPS) is 13.7. The van der Waals surface area contributed by atoms with Crippen molar-refractivity contribution >= 4 is 6.08 Å². The highest BCUT2D eigenvalue weighted by Crippen LogP contribution is 2.30. The zero-order chi connectivity index (χ0) is 9.26. The third-order valence-corrected chi connectivity index (χ3v) is 2.07. The van der Waals surface area contributed by atoms with Crippen LogP contribution in [0.1, 0.15) is 24.0 Å². The number of allylic oxidation sites excluding steroid dienone is 1. The third-order valence-electron chi connectivity index (χ3n) is 2.07. The predicted molar refractivity (Wildman–Crippen MR) is 51.5 cm³/mol. The second-order valence-electron chi connectivity index (χ2n) is 3.18. The molecule has 2 rings (SSSR count). The van der Waals surface area contributed by atoms with E-state index in [-0.39, 0.29) is 5.82 Å². The van der Waals surface area contributed by atoms with E-state index in [1.165, 1.54) is 17.7 Å². The van der Waals surface area contributed by atoms with Crippen LogP contribution in [0.4, 0.5) is 4.39 Å². The predicted octanol–water partition coefficient (Wildman–Crippen LogP) is 2.98. The summed E-state index contributed by atoms with van der Waals surface area (Å²) < 4.78 is 12.9. The van der Waals surface area contributed by atoms with Gasteiger partial charge in [-0.3, -0.25) is 0 Å². The van der Waals surface area contributed by atoms with Gasteiger partial charge in [0.1, 0.15) is 5.82 Å². The summed E-state index contributed by atoms with van der Waals surface area (Å²) in [5.74, 6) is 2.31. The molecule has 1 saturated carbocycles. The van der Waals surface area contributed by atoms with Gasteiger partial charge in [-0.05, 0) is 36.6 Å². The third kappa shape index (κ3) is 1.78. The van der Waals surface area contributed by atoms with Gasteiger partial charge >= 0.3 is 0 Å². The van der Waals surface area contributed by atoms with Crippen LogP contribution in [0.5, 0.6) is 0 Å². The molecule has 1 aromatic carbocycles. The zero-order valence-electron chi connectivity index (χ0n) is 7.18. The molecular weight excluding hydrogens is 163 g/mol. The second-order valence-corrected chi connectivity index (χ2v) is 3.18. The molecule has 0 spiro atoms. The molecule has 0 atom stereocenters. The Kier molecular flexibility index (Phi) is 1.90. The first kappa shape index (κ1) is 8.07. The molecule has 0 unspecified atom stereocenters. The molecule has 1 fully saturated rings. The molecule has 1 heteroatoms. The van der Waals surface area contributed by atoms with E-state index in [2.05, 4.69) is 5.92 Å². The van der Waals surface area contributed by atoms with E-state index in [1.807, 2.05) is 6.08 Å². The first-order valence-electron chi connectivity index (χ1n) is 4.25. The quantitative estimate of drug-likeness (QED) is 0.571. The zero-order valence-corrected chi connectivity index (χ0v) is 7.18. The fourth-order valence-corrected chi connectivity index (χ4v) is 1.22. The van der Waals surface area contributed by atoms with Gasteiger partial charge in [0.15, 0.2) is 0 Å². The minimum Gasteiger partial charge on any atom is -0.207 e. The van der Waals surface area contributed by atoms with Gasteiger partial charge < -0.3 is 0 Å². The van der Waals surface area contributed by atoms with Gasteiger partial charge in [-0.2, -0.15) is 0 Å². The molecule has 0 amide bonds. The number of terminal acetylenes is 1. The van der Waals surface area contributed by atoms with Crippen molar-refractivity contribution in [3.63, 3.8) is 0 Å². The van der Waals surface area contributed by atoms with Crippen LogP contribution in [-0.4, -0.2) is 0 Å². The number of hydrogen-bond donors (Lipinski definition) is 0. The minimum absolute atomic E-state index is 0.230. The lowest BCUT2D eigenvalue weighted by Crippen LogP contribution is -1.83. The van der Waals surface area contributed by atoms with E-state index in [1.54, 1.807) is 6.07 Å². The first-order valence-corrected chi connectivity index (χ1v) is 4.25. The summed E-state index contributed by atoms with van der Waals surface area (Å²) in [4.78, 5) is 0. The summed E-state index contributed by atoms with van der Waals surface area (Å²) in [5.41, 5.74) is 2.94. The van der Waals surface area contributed by atoms with Crippen molar-refractivity contribution in [1.82, 2.24) is 0 Å². The molecule has 0 bridgehead atoms. The van der Waals surface area contributed by atoms with Crippen LogP contribution in [-0.2, 0) is 0 Å². The van der Waals surface area contributed by atoms with E-state index in [4.69, 9.17) is 6.42 Å². The van der Waals surface area contributed by atoms with E-state index in [0.717, 1.165) is 24.0 Å². The molecule has 64 valence electrons. The van der Waals surface area contributed by atoms with Crippen LogP contribution in [0.3, 0.4) is 0 Å². The maximum atomic E-state index is 12.9. The van der Waals surface area contributed by atoms with Crippen molar-refractivity contribution in [2.45, 2.75) is 12.8 Å². The highest BCUT2D eigenvalue weighted by Gasteiger charge is 2.11. The van der Waals surface area contributed by atoms with Crippen molar-refractivity contribution < 1.29 is 4.39 Å². The summed E-state index contributed by atoms with van der Waals surface area (Å²) in [5, 5.41) is 0. The molecule has 13 heavy (non-hydrogen) atoms. The highest BCUT2D eigenvalue weighted by molar-refractivity contribution is 5.63. The lowest BCUT2D eigenvalue weighted by atomic mass is 10.1. The Bertz CT molecular complexity index is 402. The molecule has 0 radical (unpaired) electrons. The second kappa shape index (κ2) is 3.06. The van der Waals surface area contributed by atoms with Gasteiger partial charge in [-0.25, -0.2) is 4.39 Å². The Labute approximate surface area is 77.1 Å². The SMILES string of the molecule is C#Cc1ccc(F)cc1C=C1CC1. The summed E-state index contributed by atoms with van der Waals surface area (Å²) in [6, 6.07) is 4.52. The number of rotatable bonds is 1. The molecule has 0 nitrogen and oxygen atoms in total. The maximum Gasteiger partial charge on any atom is 0.123 e. The Morgan fingerprint density at radius 1 is 1.38 bits per heavy atom. The van der Waals surface area contributed by atoms with Gasteiger partial charge in [0, 0.05) is 5.56 Å². The fraction of sp³-hybridized carbons (Fsp3) is 0.167. The fourth-order valence-electron chi connectivity index (χ4n) is 1.22. The van der Waals surface area contributed by atoms with Gasteiger partial charge in [0.25, 0.3) is 0 Å². The van der Waals surface area contributed by atoms with E-state index in [0.29, 0.717) is 0 Å². The Hall–Kier alpha value is -1.55. The molecule has 0 heterocycles. The minimum atomic E-state index is -0.230. The van der Waals surface area contributed by atoms with E-state index < -0.39 is 0 Å².